The number of nitrogens with one attached hydrogen (secondary N) is 2. The molecule has 29 heavy (non-hydrogen) atoms. The maximum absolute atomic E-state index is 12.7. The van der Waals surface area contributed by atoms with Crippen molar-refractivity contribution >= 4 is 63.6 Å². The van der Waals surface area contributed by atoms with E-state index in [9.17, 15) is 9.59 Å². The number of halogens is 2. The predicted molar refractivity (Wildman–Crippen MR) is 119 cm³/mol. The number of aromatic nitrogens is 2. The van der Waals surface area contributed by atoms with Crippen molar-refractivity contribution in [3.05, 3.63) is 61.1 Å². The Bertz CT molecular complexity index is 1180. The molecule has 1 amide bonds. The number of H-pyrrole nitrogens is 1. The molecule has 0 radical (unpaired) electrons. The van der Waals surface area contributed by atoms with Gasteiger partial charge in [-0.15, -0.1) is 0 Å². The van der Waals surface area contributed by atoms with Crippen LogP contribution in [0.1, 0.15) is 16.8 Å². The Labute approximate surface area is 181 Å². The number of nitrogen functional groups attached to an aromatic ring is 1. The van der Waals surface area contributed by atoms with Crippen molar-refractivity contribution in [3.8, 4) is 0 Å². The molecule has 0 bridgehead atoms. The van der Waals surface area contributed by atoms with Gasteiger partial charge in [0.05, 0.1) is 26.6 Å². The summed E-state index contributed by atoms with van der Waals surface area (Å²) in [4.78, 5) is 28.3. The van der Waals surface area contributed by atoms with Gasteiger partial charge in [-0.2, -0.15) is 0 Å². The van der Waals surface area contributed by atoms with Crippen LogP contribution in [0.15, 0.2) is 35.1 Å². The Hall–Kier alpha value is -2.39. The molecule has 1 aromatic heterocycles. The maximum atomic E-state index is 12.7. The Balaban J connectivity index is 1.91. The summed E-state index contributed by atoms with van der Waals surface area (Å²) in [6.07, 6.45) is 0.659. The average molecular weight is 453 g/mol. The van der Waals surface area contributed by atoms with Crippen LogP contribution in [0.2, 0.25) is 10.0 Å². The van der Waals surface area contributed by atoms with Gasteiger partial charge in [0.15, 0.2) is 4.77 Å². The van der Waals surface area contributed by atoms with E-state index in [1.54, 1.807) is 25.3 Å². The summed E-state index contributed by atoms with van der Waals surface area (Å²) in [6.45, 7) is 0.969. The molecule has 2 aromatic carbocycles. The van der Waals surface area contributed by atoms with Crippen molar-refractivity contribution in [2.24, 2.45) is 0 Å². The lowest BCUT2D eigenvalue weighted by atomic mass is 10.1. The number of rotatable bonds is 6. The molecule has 10 heteroatoms. The zero-order valence-electron chi connectivity index (χ0n) is 15.4. The quantitative estimate of drug-likeness (QED) is 0.295. The van der Waals surface area contributed by atoms with Crippen LogP contribution in [0.3, 0.4) is 0 Å². The highest BCUT2D eigenvalue weighted by Gasteiger charge is 2.12. The van der Waals surface area contributed by atoms with Crippen LogP contribution in [0.25, 0.3) is 10.9 Å². The van der Waals surface area contributed by atoms with E-state index in [4.69, 9.17) is 45.9 Å². The first-order valence-corrected chi connectivity index (χ1v) is 9.80. The number of methoxy groups -OCH3 is 1. The highest BCUT2D eigenvalue weighted by atomic mass is 35.5. The van der Waals surface area contributed by atoms with Crippen LogP contribution in [-0.4, -0.2) is 29.2 Å². The van der Waals surface area contributed by atoms with Gasteiger partial charge in [0, 0.05) is 31.5 Å². The molecular formula is C19H18Cl2N4O3S. The van der Waals surface area contributed by atoms with Gasteiger partial charge < -0.3 is 20.8 Å². The number of fused-ring (bicyclic) bond motifs is 1. The summed E-state index contributed by atoms with van der Waals surface area (Å²) < 4.78 is 6.78. The first-order valence-electron chi connectivity index (χ1n) is 8.63. The van der Waals surface area contributed by atoms with E-state index in [0.29, 0.717) is 41.7 Å². The van der Waals surface area contributed by atoms with Crippen LogP contribution < -0.4 is 16.6 Å². The molecule has 1 heterocycles. The second-order valence-electron chi connectivity index (χ2n) is 6.30. The van der Waals surface area contributed by atoms with Crippen LogP contribution in [0.4, 0.5) is 11.4 Å². The lowest BCUT2D eigenvalue weighted by Crippen LogP contribution is -2.23. The molecule has 0 saturated heterocycles. The van der Waals surface area contributed by atoms with Crippen molar-refractivity contribution in [2.75, 3.05) is 24.8 Å². The summed E-state index contributed by atoms with van der Waals surface area (Å²) in [5.41, 5.74) is 6.94. The van der Waals surface area contributed by atoms with Gasteiger partial charge in [0.25, 0.3) is 11.5 Å². The van der Waals surface area contributed by atoms with Crippen LogP contribution in [0.5, 0.6) is 0 Å². The number of anilines is 2. The third kappa shape index (κ3) is 4.62. The van der Waals surface area contributed by atoms with Gasteiger partial charge in [-0.25, -0.2) is 0 Å². The van der Waals surface area contributed by atoms with Crippen LogP contribution >= 0.6 is 35.4 Å². The largest absolute Gasteiger partial charge is 0.396 e. The molecule has 0 unspecified atom stereocenters. The monoisotopic (exact) mass is 452 g/mol. The number of carbonyl (C=O) groups excluding carboxylic acids is 1. The molecule has 3 rings (SSSR count). The zero-order chi connectivity index (χ0) is 21.1. The molecule has 0 aliphatic carbocycles. The third-order valence-electron chi connectivity index (χ3n) is 4.31. The zero-order valence-corrected chi connectivity index (χ0v) is 17.7. The first kappa shape index (κ1) is 21.3. The SMILES string of the molecule is COCCCn1c(=S)[nH]c2cc(C(=O)Nc3cc(Cl)c(N)c(Cl)c3)ccc2c1=O. The molecule has 0 saturated carbocycles. The minimum absolute atomic E-state index is 0.219. The summed E-state index contributed by atoms with van der Waals surface area (Å²) >= 11 is 17.3. The van der Waals surface area contributed by atoms with E-state index < -0.39 is 5.91 Å². The number of amides is 1. The van der Waals surface area contributed by atoms with E-state index in [1.165, 1.54) is 16.7 Å². The maximum Gasteiger partial charge on any atom is 0.262 e. The number of benzene rings is 2. The van der Waals surface area contributed by atoms with E-state index in [0.717, 1.165) is 0 Å². The van der Waals surface area contributed by atoms with Crippen LogP contribution in [0, 0.1) is 4.77 Å². The number of hydrogen-bond donors (Lipinski definition) is 3. The lowest BCUT2D eigenvalue weighted by molar-refractivity contribution is 0.102. The molecule has 0 spiro atoms. The number of nitrogens with zero attached hydrogens (tertiary/aromatic N) is 1. The lowest BCUT2D eigenvalue weighted by Gasteiger charge is -2.10. The van der Waals surface area contributed by atoms with Crippen LogP contribution in [-0.2, 0) is 11.3 Å². The Morgan fingerprint density at radius 1 is 1.28 bits per heavy atom. The molecule has 3 aromatic rings. The molecular weight excluding hydrogens is 435 g/mol. The van der Waals surface area contributed by atoms with E-state index >= 15 is 0 Å². The molecule has 0 atom stereocenters. The minimum Gasteiger partial charge on any atom is -0.396 e. The number of ether oxygens (including phenoxy) is 1. The molecule has 152 valence electrons. The summed E-state index contributed by atoms with van der Waals surface area (Å²) in [6, 6.07) is 7.74. The van der Waals surface area contributed by atoms with Crippen molar-refractivity contribution in [1.82, 2.24) is 9.55 Å². The minimum atomic E-state index is -0.396. The summed E-state index contributed by atoms with van der Waals surface area (Å²) in [5.74, 6) is -0.396. The van der Waals surface area contributed by atoms with Crippen molar-refractivity contribution in [1.29, 1.82) is 0 Å². The van der Waals surface area contributed by atoms with Gasteiger partial charge in [-0.1, -0.05) is 23.2 Å². The third-order valence-corrected chi connectivity index (χ3v) is 5.26. The molecule has 0 aliphatic heterocycles. The fourth-order valence-corrected chi connectivity index (χ4v) is 3.60. The average Bonchev–Trinajstić information content (AvgIpc) is 2.68. The molecule has 0 aliphatic rings. The van der Waals surface area contributed by atoms with Gasteiger partial charge in [0.1, 0.15) is 0 Å². The number of aromatic amines is 1. The molecule has 7 nitrogen and oxygen atoms in total. The summed E-state index contributed by atoms with van der Waals surface area (Å²) in [5, 5.41) is 3.62. The smallest absolute Gasteiger partial charge is 0.262 e. The van der Waals surface area contributed by atoms with E-state index in [-0.39, 0.29) is 26.1 Å². The number of hydrogen-bond acceptors (Lipinski definition) is 5. The Morgan fingerprint density at radius 2 is 1.97 bits per heavy atom. The van der Waals surface area contributed by atoms with Gasteiger partial charge in [-0.3, -0.25) is 14.2 Å². The fraction of sp³-hybridized carbons (Fsp3) is 0.211. The van der Waals surface area contributed by atoms with Crippen molar-refractivity contribution in [3.63, 3.8) is 0 Å². The van der Waals surface area contributed by atoms with E-state index in [2.05, 4.69) is 10.3 Å². The van der Waals surface area contributed by atoms with Gasteiger partial charge >= 0.3 is 0 Å². The van der Waals surface area contributed by atoms with E-state index in [1.807, 2.05) is 0 Å². The number of nitrogens with two attached hydrogens (primary N) is 1. The highest BCUT2D eigenvalue weighted by molar-refractivity contribution is 7.71. The van der Waals surface area contributed by atoms with Gasteiger partial charge in [-0.05, 0) is 49.0 Å². The molecule has 4 N–H and O–H groups in total. The second kappa shape index (κ2) is 8.96. The van der Waals surface area contributed by atoms with Gasteiger partial charge in [0.2, 0.25) is 0 Å². The second-order valence-corrected chi connectivity index (χ2v) is 7.50. The predicted octanol–water partition coefficient (Wildman–Crippen LogP) is 4.24. The van der Waals surface area contributed by atoms with Crippen molar-refractivity contribution < 1.29 is 9.53 Å². The molecule has 0 fully saturated rings. The first-order chi connectivity index (χ1) is 13.8. The van der Waals surface area contributed by atoms with Crippen molar-refractivity contribution in [2.45, 2.75) is 13.0 Å². The number of carbonyl (C=O) groups is 1. The normalized spacial score (nSPS) is 11.0. The highest BCUT2D eigenvalue weighted by Crippen LogP contribution is 2.31. The summed E-state index contributed by atoms with van der Waals surface area (Å²) in [7, 11) is 1.60. The Kier molecular flexibility index (Phi) is 6.59. The Morgan fingerprint density at radius 3 is 2.62 bits per heavy atom. The topological polar surface area (TPSA) is 102 Å². The fourth-order valence-electron chi connectivity index (χ4n) is 2.83. The standard InChI is InChI=1S/C19H18Cl2N4O3S/c1-28-6-2-5-25-18(27)12-4-3-10(7-15(12)24-19(25)29)17(26)23-11-8-13(20)16(22)14(21)9-11/h3-4,7-9H,2,5-6,22H2,1H3,(H,23,26)(H,24,29).